The van der Waals surface area contributed by atoms with E-state index in [1.54, 1.807) is 0 Å². The molecule has 0 spiro atoms. The van der Waals surface area contributed by atoms with Gasteiger partial charge in [0, 0.05) is 25.2 Å². The predicted octanol–water partition coefficient (Wildman–Crippen LogP) is -3.67. The van der Waals surface area contributed by atoms with Gasteiger partial charge in [-0.05, 0) is 0 Å². The molecule has 8 N–H and O–H groups in total. The van der Waals surface area contributed by atoms with Crippen molar-refractivity contribution in [1.82, 2.24) is 5.32 Å². The maximum absolute atomic E-state index is 9.43. The second kappa shape index (κ2) is 4.32. The Hall–Kier alpha value is -0.240. The molecule has 1 aliphatic heterocycles. The van der Waals surface area contributed by atoms with Crippen molar-refractivity contribution in [2.75, 3.05) is 13.1 Å². The van der Waals surface area contributed by atoms with Gasteiger partial charge in [0.25, 0.3) is 0 Å². The van der Waals surface area contributed by atoms with E-state index >= 15 is 0 Å². The van der Waals surface area contributed by atoms with Crippen LogP contribution in [0.5, 0.6) is 0 Å². The molecular weight excluding hydrogens is 174 g/mol. The molecular formula is C7H17N3O3. The summed E-state index contributed by atoms with van der Waals surface area (Å²) >= 11 is 0. The lowest BCUT2D eigenvalue weighted by atomic mass is 9.90. The summed E-state index contributed by atoms with van der Waals surface area (Å²) in [5, 5.41) is 31.1. The average molecular weight is 191 g/mol. The monoisotopic (exact) mass is 191 g/mol. The fraction of sp³-hybridized carbons (Fsp3) is 1.00. The largest absolute Gasteiger partial charge is 0.389 e. The summed E-state index contributed by atoms with van der Waals surface area (Å²) in [6.07, 6.45) is -3.26. The number of nitrogens with two attached hydrogens (primary N) is 2. The molecule has 0 aliphatic carbocycles. The van der Waals surface area contributed by atoms with Crippen LogP contribution in [0.3, 0.4) is 0 Å². The van der Waals surface area contributed by atoms with Crippen LogP contribution in [-0.4, -0.2) is 58.8 Å². The van der Waals surface area contributed by atoms with Crippen LogP contribution >= 0.6 is 0 Å². The molecule has 0 radical (unpaired) electrons. The molecule has 0 aromatic rings. The Morgan fingerprint density at radius 3 is 1.54 bits per heavy atom. The molecule has 5 atom stereocenters. The Bertz CT molecular complexity index is 149. The summed E-state index contributed by atoms with van der Waals surface area (Å²) in [5.74, 6) is 0. The van der Waals surface area contributed by atoms with E-state index < -0.39 is 30.4 Å². The number of nitrogens with one attached hydrogen (secondary N) is 1. The molecule has 0 bridgehead atoms. The van der Waals surface area contributed by atoms with E-state index in [-0.39, 0.29) is 13.1 Å². The maximum atomic E-state index is 9.43. The minimum Gasteiger partial charge on any atom is -0.389 e. The molecule has 1 rings (SSSR count). The van der Waals surface area contributed by atoms with Crippen LogP contribution in [0.4, 0.5) is 0 Å². The summed E-state index contributed by atoms with van der Waals surface area (Å²) in [7, 11) is 0. The van der Waals surface area contributed by atoms with Gasteiger partial charge in [-0.3, -0.25) is 0 Å². The number of rotatable bonds is 2. The van der Waals surface area contributed by atoms with Crippen molar-refractivity contribution in [2.45, 2.75) is 30.4 Å². The summed E-state index contributed by atoms with van der Waals surface area (Å²) in [4.78, 5) is 0. The molecule has 6 nitrogen and oxygen atoms in total. The Kier molecular flexibility index (Phi) is 3.60. The Balaban J connectivity index is 2.66. The van der Waals surface area contributed by atoms with Crippen molar-refractivity contribution in [2.24, 2.45) is 11.5 Å². The molecule has 0 unspecified atom stereocenters. The number of aliphatic hydroxyl groups is 3. The predicted molar refractivity (Wildman–Crippen MR) is 46.8 cm³/mol. The van der Waals surface area contributed by atoms with Gasteiger partial charge >= 0.3 is 0 Å². The van der Waals surface area contributed by atoms with Gasteiger partial charge < -0.3 is 32.1 Å². The number of hydrogen-bond acceptors (Lipinski definition) is 6. The minimum absolute atomic E-state index is 0.196. The van der Waals surface area contributed by atoms with Gasteiger partial charge in [0.2, 0.25) is 0 Å². The van der Waals surface area contributed by atoms with Crippen LogP contribution in [0.15, 0.2) is 0 Å². The Morgan fingerprint density at radius 2 is 1.23 bits per heavy atom. The molecule has 1 aliphatic rings. The first kappa shape index (κ1) is 10.8. The van der Waals surface area contributed by atoms with Crippen molar-refractivity contribution in [3.05, 3.63) is 0 Å². The first-order valence-corrected chi connectivity index (χ1v) is 4.32. The van der Waals surface area contributed by atoms with Gasteiger partial charge in [0.1, 0.15) is 6.10 Å². The van der Waals surface area contributed by atoms with Crippen LogP contribution in [0.25, 0.3) is 0 Å². The van der Waals surface area contributed by atoms with Crippen LogP contribution in [0, 0.1) is 0 Å². The standard InChI is InChI=1S/C7H17N3O3/c8-1-3-5(11)7(13)6(12)4(2-9)10-3/h3-7,10-13H,1-2,8-9H2/t3-,4-,5-,6+,7+/m1/s1. The zero-order valence-electron chi connectivity index (χ0n) is 7.30. The third kappa shape index (κ3) is 1.98. The van der Waals surface area contributed by atoms with Crippen LogP contribution < -0.4 is 16.8 Å². The summed E-state index contributed by atoms with van der Waals surface area (Å²) in [6.45, 7) is 0.392. The molecule has 0 aromatic heterocycles. The van der Waals surface area contributed by atoms with Crippen molar-refractivity contribution < 1.29 is 15.3 Å². The molecule has 1 fully saturated rings. The second-order valence-corrected chi connectivity index (χ2v) is 3.32. The van der Waals surface area contributed by atoms with E-state index in [0.29, 0.717) is 0 Å². The highest BCUT2D eigenvalue weighted by Crippen LogP contribution is 2.14. The molecule has 0 aromatic carbocycles. The van der Waals surface area contributed by atoms with Gasteiger partial charge in [-0.25, -0.2) is 0 Å². The SMILES string of the molecule is NC[C@H]1N[C@H](CN)[C@@H](O)[C@H](O)[C@H]1O. The van der Waals surface area contributed by atoms with E-state index in [2.05, 4.69) is 5.32 Å². The Labute approximate surface area is 76.5 Å². The molecule has 1 heterocycles. The zero-order chi connectivity index (χ0) is 10.0. The molecule has 6 heteroatoms. The van der Waals surface area contributed by atoms with Crippen molar-refractivity contribution in [3.63, 3.8) is 0 Å². The minimum atomic E-state index is -1.18. The lowest BCUT2D eigenvalue weighted by Gasteiger charge is -2.40. The molecule has 13 heavy (non-hydrogen) atoms. The smallest absolute Gasteiger partial charge is 0.109 e. The van der Waals surface area contributed by atoms with Crippen molar-refractivity contribution >= 4 is 0 Å². The lowest BCUT2D eigenvalue weighted by Crippen LogP contribution is -2.68. The first-order chi connectivity index (χ1) is 6.11. The van der Waals surface area contributed by atoms with Gasteiger partial charge in [-0.2, -0.15) is 0 Å². The lowest BCUT2D eigenvalue weighted by molar-refractivity contribution is -0.110. The van der Waals surface area contributed by atoms with Crippen molar-refractivity contribution in [3.8, 4) is 0 Å². The highest BCUT2D eigenvalue weighted by molar-refractivity contribution is 4.98. The normalized spacial score (nSPS) is 46.4. The summed E-state index contributed by atoms with van der Waals surface area (Å²) in [6, 6.07) is -0.820. The third-order valence-corrected chi connectivity index (χ3v) is 2.46. The van der Waals surface area contributed by atoms with Crippen molar-refractivity contribution in [1.29, 1.82) is 0 Å². The van der Waals surface area contributed by atoms with Gasteiger partial charge in [-0.15, -0.1) is 0 Å². The van der Waals surface area contributed by atoms with E-state index in [4.69, 9.17) is 11.5 Å². The molecule has 0 amide bonds. The summed E-state index contributed by atoms with van der Waals surface area (Å²) < 4.78 is 0. The molecule has 0 saturated carbocycles. The van der Waals surface area contributed by atoms with E-state index in [9.17, 15) is 15.3 Å². The quantitative estimate of drug-likeness (QED) is 0.267. The fourth-order valence-corrected chi connectivity index (χ4v) is 1.57. The van der Waals surface area contributed by atoms with Crippen LogP contribution in [-0.2, 0) is 0 Å². The summed E-state index contributed by atoms with van der Waals surface area (Å²) in [5.41, 5.74) is 10.7. The Morgan fingerprint density at radius 1 is 0.846 bits per heavy atom. The first-order valence-electron chi connectivity index (χ1n) is 4.32. The van der Waals surface area contributed by atoms with Gasteiger partial charge in [-0.1, -0.05) is 0 Å². The van der Waals surface area contributed by atoms with E-state index in [0.717, 1.165) is 0 Å². The fourth-order valence-electron chi connectivity index (χ4n) is 1.57. The van der Waals surface area contributed by atoms with Crippen LogP contribution in [0.2, 0.25) is 0 Å². The molecule has 1 saturated heterocycles. The topological polar surface area (TPSA) is 125 Å². The third-order valence-electron chi connectivity index (χ3n) is 2.46. The van der Waals surface area contributed by atoms with E-state index in [1.165, 1.54) is 0 Å². The van der Waals surface area contributed by atoms with Gasteiger partial charge in [0.05, 0.1) is 12.2 Å². The maximum Gasteiger partial charge on any atom is 0.109 e. The highest BCUT2D eigenvalue weighted by Gasteiger charge is 2.40. The molecule has 78 valence electrons. The number of aliphatic hydroxyl groups excluding tert-OH is 3. The van der Waals surface area contributed by atoms with Gasteiger partial charge in [0.15, 0.2) is 0 Å². The highest BCUT2D eigenvalue weighted by atomic mass is 16.4. The average Bonchev–Trinajstić information content (AvgIpc) is 2.15. The van der Waals surface area contributed by atoms with Crippen LogP contribution in [0.1, 0.15) is 0 Å². The van der Waals surface area contributed by atoms with E-state index in [1.807, 2.05) is 0 Å². The zero-order valence-corrected chi connectivity index (χ0v) is 7.30. The number of piperidine rings is 1. The number of hydrogen-bond donors (Lipinski definition) is 6. The second-order valence-electron chi connectivity index (χ2n) is 3.32.